The second-order valence-corrected chi connectivity index (χ2v) is 7.07. The van der Waals surface area contributed by atoms with Gasteiger partial charge in [-0.15, -0.1) is 0 Å². The van der Waals surface area contributed by atoms with Crippen LogP contribution in [0, 0.1) is 0 Å². The summed E-state index contributed by atoms with van der Waals surface area (Å²) in [7, 11) is 1.64. The van der Waals surface area contributed by atoms with Crippen molar-refractivity contribution < 1.29 is 9.53 Å². The number of H-pyrrole nitrogens is 1. The van der Waals surface area contributed by atoms with Crippen LogP contribution in [0.2, 0.25) is 5.02 Å². The van der Waals surface area contributed by atoms with Crippen molar-refractivity contribution in [2.24, 2.45) is 5.10 Å². The van der Waals surface area contributed by atoms with Gasteiger partial charge in [0.15, 0.2) is 0 Å². The molecular weight excluding hydrogens is 400 g/mol. The van der Waals surface area contributed by atoms with Crippen molar-refractivity contribution in [1.82, 2.24) is 15.4 Å². The van der Waals surface area contributed by atoms with E-state index < -0.39 is 0 Å². The number of methoxy groups -OCH3 is 1. The van der Waals surface area contributed by atoms with Gasteiger partial charge in [-0.1, -0.05) is 41.9 Å². The minimum atomic E-state index is -0.313. The number of carbonyl (C=O) groups is 1. The molecule has 3 aromatic carbocycles. The Morgan fingerprint density at radius 1 is 1.17 bits per heavy atom. The van der Waals surface area contributed by atoms with E-state index in [2.05, 4.69) is 20.5 Å². The van der Waals surface area contributed by atoms with Crippen molar-refractivity contribution in [1.29, 1.82) is 0 Å². The SMILES string of the molecule is COc1ccc(Cc2nc3ccc(C(=O)N/N=C\c4ccccc4Cl)cc3[nH]2)cc1. The van der Waals surface area contributed by atoms with Gasteiger partial charge in [-0.05, 0) is 42.0 Å². The minimum Gasteiger partial charge on any atom is -0.497 e. The summed E-state index contributed by atoms with van der Waals surface area (Å²) in [5, 5.41) is 4.56. The lowest BCUT2D eigenvalue weighted by Crippen LogP contribution is -2.17. The molecule has 0 atom stereocenters. The average molecular weight is 419 g/mol. The number of rotatable bonds is 6. The lowest BCUT2D eigenvalue weighted by atomic mass is 10.1. The summed E-state index contributed by atoms with van der Waals surface area (Å²) in [6, 6.07) is 20.4. The van der Waals surface area contributed by atoms with Crippen molar-refractivity contribution >= 4 is 34.8 Å². The predicted octanol–water partition coefficient (Wildman–Crippen LogP) is 4.58. The van der Waals surface area contributed by atoms with E-state index in [1.54, 1.807) is 25.3 Å². The van der Waals surface area contributed by atoms with Crippen LogP contribution in [0.3, 0.4) is 0 Å². The van der Waals surface area contributed by atoms with Gasteiger partial charge in [0, 0.05) is 22.6 Å². The van der Waals surface area contributed by atoms with Gasteiger partial charge in [0.25, 0.3) is 5.91 Å². The van der Waals surface area contributed by atoms with Crippen LogP contribution in [0.4, 0.5) is 0 Å². The first-order valence-electron chi connectivity index (χ1n) is 9.32. The third-order valence-corrected chi connectivity index (χ3v) is 4.94. The summed E-state index contributed by atoms with van der Waals surface area (Å²) < 4.78 is 5.18. The number of hydrogen-bond donors (Lipinski definition) is 2. The van der Waals surface area contributed by atoms with Gasteiger partial charge < -0.3 is 9.72 Å². The van der Waals surface area contributed by atoms with E-state index in [9.17, 15) is 4.79 Å². The highest BCUT2D eigenvalue weighted by Crippen LogP contribution is 2.18. The molecule has 0 aliphatic heterocycles. The predicted molar refractivity (Wildman–Crippen MR) is 118 cm³/mol. The normalized spacial score (nSPS) is 11.1. The highest BCUT2D eigenvalue weighted by Gasteiger charge is 2.09. The molecule has 0 aliphatic carbocycles. The zero-order chi connectivity index (χ0) is 20.9. The molecule has 0 fully saturated rings. The maximum absolute atomic E-state index is 12.4. The molecule has 6 nitrogen and oxygen atoms in total. The zero-order valence-corrected chi connectivity index (χ0v) is 17.0. The molecular formula is C23H19ClN4O2. The summed E-state index contributed by atoms with van der Waals surface area (Å²) in [5.74, 6) is 1.33. The Morgan fingerprint density at radius 3 is 2.73 bits per heavy atom. The molecule has 0 saturated carbocycles. The van der Waals surface area contributed by atoms with E-state index in [1.807, 2.05) is 48.5 Å². The minimum absolute atomic E-state index is 0.313. The van der Waals surface area contributed by atoms with Gasteiger partial charge in [-0.3, -0.25) is 4.79 Å². The summed E-state index contributed by atoms with van der Waals surface area (Å²) >= 11 is 6.08. The second kappa shape index (κ2) is 8.80. The monoisotopic (exact) mass is 418 g/mol. The van der Waals surface area contributed by atoms with Crippen LogP contribution in [0.1, 0.15) is 27.3 Å². The number of ether oxygens (including phenoxy) is 1. The largest absolute Gasteiger partial charge is 0.497 e. The van der Waals surface area contributed by atoms with E-state index in [1.165, 1.54) is 6.21 Å². The molecule has 0 bridgehead atoms. The smallest absolute Gasteiger partial charge is 0.271 e. The van der Waals surface area contributed by atoms with Gasteiger partial charge in [-0.2, -0.15) is 5.10 Å². The Hall–Kier alpha value is -3.64. The molecule has 1 aromatic heterocycles. The molecule has 4 rings (SSSR count). The van der Waals surface area contributed by atoms with Gasteiger partial charge >= 0.3 is 0 Å². The highest BCUT2D eigenvalue weighted by molar-refractivity contribution is 6.33. The molecule has 0 saturated heterocycles. The molecule has 7 heteroatoms. The fourth-order valence-electron chi connectivity index (χ4n) is 3.03. The van der Waals surface area contributed by atoms with Crippen molar-refractivity contribution in [3.05, 3.63) is 94.3 Å². The number of fused-ring (bicyclic) bond motifs is 1. The zero-order valence-electron chi connectivity index (χ0n) is 16.2. The molecule has 0 radical (unpaired) electrons. The van der Waals surface area contributed by atoms with Gasteiger partial charge in [0.2, 0.25) is 0 Å². The van der Waals surface area contributed by atoms with Gasteiger partial charge in [-0.25, -0.2) is 10.4 Å². The van der Waals surface area contributed by atoms with E-state index in [0.29, 0.717) is 17.0 Å². The van der Waals surface area contributed by atoms with Crippen LogP contribution >= 0.6 is 11.6 Å². The Bertz CT molecular complexity index is 1220. The number of imidazole rings is 1. The first kappa shape index (κ1) is 19.7. The van der Waals surface area contributed by atoms with Crippen molar-refractivity contribution in [2.75, 3.05) is 7.11 Å². The summed E-state index contributed by atoms with van der Waals surface area (Å²) in [6.07, 6.45) is 2.17. The first-order valence-corrected chi connectivity index (χ1v) is 9.69. The topological polar surface area (TPSA) is 79.4 Å². The van der Waals surface area contributed by atoms with E-state index in [-0.39, 0.29) is 5.91 Å². The molecule has 30 heavy (non-hydrogen) atoms. The molecule has 0 spiro atoms. The Labute approximate surface area is 178 Å². The number of carbonyl (C=O) groups excluding carboxylic acids is 1. The number of nitrogens with zero attached hydrogens (tertiary/aromatic N) is 2. The Balaban J connectivity index is 1.46. The maximum Gasteiger partial charge on any atom is 0.271 e. The van der Waals surface area contributed by atoms with E-state index >= 15 is 0 Å². The highest BCUT2D eigenvalue weighted by atomic mass is 35.5. The Morgan fingerprint density at radius 2 is 1.97 bits per heavy atom. The maximum atomic E-state index is 12.4. The first-order chi connectivity index (χ1) is 14.6. The van der Waals surface area contributed by atoms with E-state index in [4.69, 9.17) is 16.3 Å². The molecule has 0 aliphatic rings. The third-order valence-electron chi connectivity index (χ3n) is 4.60. The van der Waals surface area contributed by atoms with Crippen LogP contribution in [-0.4, -0.2) is 29.2 Å². The fraction of sp³-hybridized carbons (Fsp3) is 0.0870. The number of hydrogen-bond acceptors (Lipinski definition) is 4. The van der Waals surface area contributed by atoms with Crippen molar-refractivity contribution in [3.63, 3.8) is 0 Å². The number of aromatic amines is 1. The van der Waals surface area contributed by atoms with Crippen molar-refractivity contribution in [3.8, 4) is 5.75 Å². The lowest BCUT2D eigenvalue weighted by molar-refractivity contribution is 0.0955. The summed E-state index contributed by atoms with van der Waals surface area (Å²) in [5.41, 5.74) is 6.44. The number of aromatic nitrogens is 2. The van der Waals surface area contributed by atoms with Gasteiger partial charge in [0.1, 0.15) is 11.6 Å². The van der Waals surface area contributed by atoms with Crippen LogP contribution < -0.4 is 10.2 Å². The third kappa shape index (κ3) is 4.50. The molecule has 0 unspecified atom stereocenters. The van der Waals surface area contributed by atoms with Crippen LogP contribution in [0.15, 0.2) is 71.8 Å². The molecule has 2 N–H and O–H groups in total. The van der Waals surface area contributed by atoms with Crippen molar-refractivity contribution in [2.45, 2.75) is 6.42 Å². The number of amides is 1. The summed E-state index contributed by atoms with van der Waals surface area (Å²) in [4.78, 5) is 20.3. The quantitative estimate of drug-likeness (QED) is 0.355. The number of halogens is 1. The van der Waals surface area contributed by atoms with Crippen LogP contribution in [-0.2, 0) is 6.42 Å². The van der Waals surface area contributed by atoms with Gasteiger partial charge in [0.05, 0.1) is 24.4 Å². The number of hydrazone groups is 1. The second-order valence-electron chi connectivity index (χ2n) is 6.66. The fourth-order valence-corrected chi connectivity index (χ4v) is 3.21. The Kier molecular flexibility index (Phi) is 5.77. The average Bonchev–Trinajstić information content (AvgIpc) is 3.17. The number of benzene rings is 3. The van der Waals surface area contributed by atoms with E-state index in [0.717, 1.165) is 33.7 Å². The molecule has 1 heterocycles. The number of nitrogens with one attached hydrogen (secondary N) is 2. The molecule has 4 aromatic rings. The molecule has 150 valence electrons. The summed E-state index contributed by atoms with van der Waals surface area (Å²) in [6.45, 7) is 0. The standard InChI is InChI=1S/C23H19ClN4O2/c1-30-18-9-6-15(7-10-18)12-22-26-20-11-8-16(13-21(20)27-22)23(29)28-25-14-17-4-2-3-5-19(17)24/h2-11,13-14H,12H2,1H3,(H,26,27)(H,28,29)/b25-14-. The van der Waals surface area contributed by atoms with Crippen LogP contribution in [0.5, 0.6) is 5.75 Å². The van der Waals surface area contributed by atoms with Crippen LogP contribution in [0.25, 0.3) is 11.0 Å². The molecule has 1 amide bonds. The lowest BCUT2D eigenvalue weighted by Gasteiger charge is -2.01.